The lowest BCUT2D eigenvalue weighted by molar-refractivity contribution is 0.0585. The predicted octanol–water partition coefficient (Wildman–Crippen LogP) is 0.210. The maximum absolute atomic E-state index is 11.9. The Hall–Kier alpha value is -1.75. The van der Waals surface area contributed by atoms with Gasteiger partial charge in [-0.05, 0) is 12.1 Å². The highest BCUT2D eigenvalue weighted by atomic mass is 28.3. The molecule has 2 heterocycles. The van der Waals surface area contributed by atoms with Gasteiger partial charge in [-0.3, -0.25) is 0 Å². The highest BCUT2D eigenvalue weighted by Crippen LogP contribution is 2.17. The largest absolute Gasteiger partial charge is 0.490 e. The van der Waals surface area contributed by atoms with E-state index in [0.29, 0.717) is 17.6 Å². The van der Waals surface area contributed by atoms with Gasteiger partial charge in [-0.2, -0.15) is 5.10 Å². The summed E-state index contributed by atoms with van der Waals surface area (Å²) in [7, 11) is -1.60. The van der Waals surface area contributed by atoms with Gasteiger partial charge in [0.05, 0.1) is 12.5 Å². The lowest BCUT2D eigenvalue weighted by Gasteiger charge is -2.15. The second-order valence-corrected chi connectivity index (χ2v) is 12.3. The summed E-state index contributed by atoms with van der Waals surface area (Å²) >= 11 is 0. The van der Waals surface area contributed by atoms with E-state index in [-0.39, 0.29) is 17.9 Å². The topological polar surface area (TPSA) is 107 Å². The predicted molar refractivity (Wildman–Crippen MR) is 92.8 cm³/mol. The average molecular weight is 351 g/mol. The number of pyridine rings is 1. The summed E-state index contributed by atoms with van der Waals surface area (Å²) in [5.41, 5.74) is 0.663. The Bertz CT molecular complexity index is 729. The van der Waals surface area contributed by atoms with Crippen molar-refractivity contribution in [3.63, 3.8) is 0 Å². The fraction of sp³-hybridized carbons (Fsp3) is 0.500. The first-order chi connectivity index (χ1) is 11.2. The van der Waals surface area contributed by atoms with E-state index in [2.05, 4.69) is 29.7 Å². The van der Waals surface area contributed by atoms with Crippen molar-refractivity contribution in [1.29, 1.82) is 0 Å². The van der Waals surface area contributed by atoms with E-state index in [9.17, 15) is 14.8 Å². The molecule has 0 bridgehead atoms. The third-order valence-corrected chi connectivity index (χ3v) is 5.20. The highest BCUT2D eigenvalue weighted by molar-refractivity contribution is 6.76. The van der Waals surface area contributed by atoms with Gasteiger partial charge in [0.1, 0.15) is 6.73 Å². The van der Waals surface area contributed by atoms with Crippen LogP contribution in [0.2, 0.25) is 25.7 Å². The molecule has 0 aromatic carbocycles. The summed E-state index contributed by atoms with van der Waals surface area (Å²) in [5, 5.41) is 23.1. The molecule has 0 spiro atoms. The molecule has 2 aromatic heterocycles. The molecule has 0 amide bonds. The normalized spacial score (nSPS) is 11.8. The Morgan fingerprint density at radius 2 is 2.08 bits per heavy atom. The fourth-order valence-electron chi connectivity index (χ4n) is 2.08. The van der Waals surface area contributed by atoms with E-state index in [1.165, 1.54) is 24.1 Å². The monoisotopic (exact) mass is 351 g/mol. The molecule has 0 aliphatic carbocycles. The molecule has 0 fully saturated rings. The lowest BCUT2D eigenvalue weighted by Crippen LogP contribution is -2.30. The Morgan fingerprint density at radius 3 is 2.67 bits per heavy atom. The number of hydrogen-bond donors (Lipinski definition) is 2. The number of aromatic nitrogens is 3. The summed E-state index contributed by atoms with van der Waals surface area (Å²) < 4.78 is 11.8. The van der Waals surface area contributed by atoms with Crippen molar-refractivity contribution in [1.82, 2.24) is 14.8 Å². The quantitative estimate of drug-likeness (QED) is 0.417. The molecular formula is C14H22BN3O5Si. The summed E-state index contributed by atoms with van der Waals surface area (Å²) in [5.74, 6) is -0.618. The maximum Gasteiger partial charge on any atom is 0.490 e. The van der Waals surface area contributed by atoms with E-state index < -0.39 is 21.2 Å². The minimum absolute atomic E-state index is 0.0660. The number of fused-ring (bicyclic) bond motifs is 1. The van der Waals surface area contributed by atoms with Gasteiger partial charge in [0.2, 0.25) is 0 Å². The molecule has 0 radical (unpaired) electrons. The van der Waals surface area contributed by atoms with Gasteiger partial charge in [-0.15, -0.1) is 0 Å². The van der Waals surface area contributed by atoms with Crippen LogP contribution in [-0.2, 0) is 16.2 Å². The molecule has 24 heavy (non-hydrogen) atoms. The van der Waals surface area contributed by atoms with E-state index in [4.69, 9.17) is 9.47 Å². The van der Waals surface area contributed by atoms with Crippen LogP contribution in [0.5, 0.6) is 0 Å². The SMILES string of the molecule is COC(=O)c1nn(COCC[Si](C)(C)C)c2ncc(B(O)O)cc12. The third-order valence-electron chi connectivity index (χ3n) is 3.49. The highest BCUT2D eigenvalue weighted by Gasteiger charge is 2.22. The van der Waals surface area contributed by atoms with Crippen LogP contribution in [0.15, 0.2) is 12.3 Å². The number of carbonyl (C=O) groups is 1. The first-order valence-electron chi connectivity index (χ1n) is 7.61. The number of nitrogens with zero attached hydrogens (tertiary/aromatic N) is 3. The van der Waals surface area contributed by atoms with Crippen molar-refractivity contribution in [2.24, 2.45) is 0 Å². The maximum atomic E-state index is 11.9. The Labute approximate surface area is 141 Å². The number of hydrogen-bond acceptors (Lipinski definition) is 7. The van der Waals surface area contributed by atoms with E-state index in [0.717, 1.165) is 6.04 Å². The molecule has 0 saturated carbocycles. The molecule has 0 atom stereocenters. The first kappa shape index (κ1) is 18.6. The van der Waals surface area contributed by atoms with Crippen LogP contribution in [0, 0.1) is 0 Å². The van der Waals surface area contributed by atoms with Gasteiger partial charge in [-0.25, -0.2) is 14.5 Å². The molecule has 0 aliphatic heterocycles. The zero-order valence-electron chi connectivity index (χ0n) is 14.3. The van der Waals surface area contributed by atoms with E-state index in [1.807, 2.05) is 0 Å². The third kappa shape index (κ3) is 4.41. The Kier molecular flexibility index (Phi) is 5.75. The molecule has 2 rings (SSSR count). The number of rotatable bonds is 7. The van der Waals surface area contributed by atoms with Crippen LogP contribution in [0.4, 0.5) is 0 Å². The van der Waals surface area contributed by atoms with Crippen molar-refractivity contribution in [3.8, 4) is 0 Å². The summed E-state index contributed by atoms with van der Waals surface area (Å²) in [4.78, 5) is 16.1. The van der Waals surface area contributed by atoms with Gasteiger partial charge in [0.15, 0.2) is 11.3 Å². The van der Waals surface area contributed by atoms with Crippen molar-refractivity contribution >= 4 is 37.7 Å². The number of carbonyl (C=O) groups excluding carboxylic acids is 1. The van der Waals surface area contributed by atoms with Crippen LogP contribution < -0.4 is 5.46 Å². The van der Waals surface area contributed by atoms with Gasteiger partial charge in [0, 0.05) is 26.3 Å². The van der Waals surface area contributed by atoms with Gasteiger partial charge >= 0.3 is 13.1 Å². The zero-order chi connectivity index (χ0) is 17.9. The first-order valence-corrected chi connectivity index (χ1v) is 11.3. The number of methoxy groups -OCH3 is 1. The van der Waals surface area contributed by atoms with Crippen molar-refractivity contribution in [2.45, 2.75) is 32.4 Å². The fourth-order valence-corrected chi connectivity index (χ4v) is 2.84. The van der Waals surface area contributed by atoms with E-state index in [1.54, 1.807) is 0 Å². The van der Waals surface area contributed by atoms with E-state index >= 15 is 0 Å². The second-order valence-electron chi connectivity index (χ2n) is 6.70. The number of ether oxygens (including phenoxy) is 2. The Morgan fingerprint density at radius 1 is 1.38 bits per heavy atom. The second kappa shape index (κ2) is 7.43. The van der Waals surface area contributed by atoms with Crippen LogP contribution in [0.1, 0.15) is 10.5 Å². The van der Waals surface area contributed by atoms with Crippen LogP contribution in [-0.4, -0.2) is 59.7 Å². The number of esters is 1. The van der Waals surface area contributed by atoms with Crippen molar-refractivity contribution in [3.05, 3.63) is 18.0 Å². The minimum Gasteiger partial charge on any atom is -0.464 e. The molecule has 0 saturated heterocycles. The van der Waals surface area contributed by atoms with Crippen LogP contribution >= 0.6 is 0 Å². The molecule has 130 valence electrons. The molecule has 2 N–H and O–H groups in total. The molecule has 0 aliphatic rings. The zero-order valence-corrected chi connectivity index (χ0v) is 15.3. The smallest absolute Gasteiger partial charge is 0.464 e. The van der Waals surface area contributed by atoms with Gasteiger partial charge < -0.3 is 19.5 Å². The van der Waals surface area contributed by atoms with Gasteiger partial charge in [0.25, 0.3) is 0 Å². The molecule has 10 heteroatoms. The van der Waals surface area contributed by atoms with Gasteiger partial charge in [-0.1, -0.05) is 19.6 Å². The van der Waals surface area contributed by atoms with Crippen molar-refractivity contribution in [2.75, 3.05) is 13.7 Å². The summed E-state index contributed by atoms with van der Waals surface area (Å²) in [6.45, 7) is 7.55. The van der Waals surface area contributed by atoms with Crippen LogP contribution in [0.25, 0.3) is 11.0 Å². The van der Waals surface area contributed by atoms with Crippen molar-refractivity contribution < 1.29 is 24.3 Å². The molecular weight excluding hydrogens is 329 g/mol. The Balaban J connectivity index is 2.28. The minimum atomic E-state index is -1.68. The average Bonchev–Trinajstić information content (AvgIpc) is 2.88. The lowest BCUT2D eigenvalue weighted by atomic mass is 9.81. The molecule has 2 aromatic rings. The molecule has 0 unspecified atom stereocenters. The standard InChI is InChI=1S/C14H22BN3O5Si/c1-22-14(19)12-11-7-10(15(20)21)8-16-13(11)18(17-12)9-23-5-6-24(2,3)4/h7-8,20-21H,5-6,9H2,1-4H3. The molecule has 8 nitrogen and oxygen atoms in total. The summed E-state index contributed by atoms with van der Waals surface area (Å²) in [6.07, 6.45) is 1.33. The van der Waals surface area contributed by atoms with Crippen LogP contribution in [0.3, 0.4) is 0 Å². The summed E-state index contributed by atoms with van der Waals surface area (Å²) in [6, 6.07) is 2.48.